The number of rotatable bonds is 7. The third kappa shape index (κ3) is 5.74. The van der Waals surface area contributed by atoms with Gasteiger partial charge in [-0.15, -0.1) is 0 Å². The number of carboxylic acid groups (broad SMARTS) is 1. The van der Waals surface area contributed by atoms with Gasteiger partial charge in [0.25, 0.3) is 0 Å². The minimum atomic E-state index is -3.54. The van der Waals surface area contributed by atoms with Gasteiger partial charge in [-0.05, 0) is 47.7 Å². The molecule has 19 heavy (non-hydrogen) atoms. The molecule has 0 spiro atoms. The van der Waals surface area contributed by atoms with Crippen LogP contribution in [0.15, 0.2) is 18.2 Å². The molecule has 0 bridgehead atoms. The van der Waals surface area contributed by atoms with Crippen molar-refractivity contribution in [3.05, 3.63) is 27.3 Å². The van der Waals surface area contributed by atoms with Crippen molar-refractivity contribution in [1.82, 2.24) is 0 Å². The Morgan fingerprint density at radius 2 is 2.11 bits per heavy atom. The maximum Gasteiger partial charge on any atom is 0.335 e. The fourth-order valence-electron chi connectivity index (χ4n) is 1.32. The molecule has 0 aliphatic rings. The molecule has 0 fully saturated rings. The van der Waals surface area contributed by atoms with Gasteiger partial charge in [0.05, 0.1) is 23.6 Å². The first-order chi connectivity index (χ1) is 8.84. The van der Waals surface area contributed by atoms with Gasteiger partial charge in [0, 0.05) is 10.2 Å². The molecule has 106 valence electrons. The van der Waals surface area contributed by atoms with Gasteiger partial charge in [-0.25, -0.2) is 13.2 Å². The number of nitrogens with one attached hydrogen (secondary N) is 1. The molecule has 0 saturated heterocycles. The number of hydrogen-bond donors (Lipinski definition) is 2. The van der Waals surface area contributed by atoms with E-state index in [1.807, 2.05) is 22.6 Å². The molecule has 1 aromatic rings. The van der Waals surface area contributed by atoms with Crippen molar-refractivity contribution in [2.45, 2.75) is 6.92 Å². The molecule has 0 atom stereocenters. The molecule has 0 aliphatic heterocycles. The summed E-state index contributed by atoms with van der Waals surface area (Å²) in [6, 6.07) is 4.30. The number of hydrogen-bond acceptors (Lipinski definition) is 4. The first-order valence-electron chi connectivity index (χ1n) is 5.46. The standard InChI is InChI=1S/C11H14INO5S/c1-2-18-3-4-19(16,17)13-10-6-8(11(14)15)5-9(12)7-10/h5-7,13H,2-4H2,1H3,(H,14,15). The molecule has 1 rings (SSSR count). The molecule has 6 nitrogen and oxygen atoms in total. The maximum atomic E-state index is 11.7. The molecule has 0 aromatic heterocycles. The molecule has 0 radical (unpaired) electrons. The largest absolute Gasteiger partial charge is 0.478 e. The third-order valence-electron chi connectivity index (χ3n) is 2.12. The third-order valence-corrected chi connectivity index (χ3v) is 3.99. The summed E-state index contributed by atoms with van der Waals surface area (Å²) >= 11 is 1.93. The first-order valence-corrected chi connectivity index (χ1v) is 8.19. The van der Waals surface area contributed by atoms with Gasteiger partial charge in [0.1, 0.15) is 0 Å². The minimum Gasteiger partial charge on any atom is -0.478 e. The van der Waals surface area contributed by atoms with E-state index in [1.165, 1.54) is 12.1 Å². The van der Waals surface area contributed by atoms with Crippen LogP contribution in [-0.2, 0) is 14.8 Å². The number of aromatic carboxylic acids is 1. The quantitative estimate of drug-likeness (QED) is 0.539. The summed E-state index contributed by atoms with van der Waals surface area (Å²) < 4.78 is 31.4. The van der Waals surface area contributed by atoms with Gasteiger partial charge in [-0.3, -0.25) is 4.72 Å². The highest BCUT2D eigenvalue weighted by atomic mass is 127. The Hall–Kier alpha value is -0.870. The highest BCUT2D eigenvalue weighted by molar-refractivity contribution is 14.1. The van der Waals surface area contributed by atoms with E-state index in [0.29, 0.717) is 10.2 Å². The summed E-state index contributed by atoms with van der Waals surface area (Å²) in [5, 5.41) is 8.90. The van der Waals surface area contributed by atoms with Gasteiger partial charge in [0.15, 0.2) is 0 Å². The summed E-state index contributed by atoms with van der Waals surface area (Å²) in [5.41, 5.74) is 0.273. The first kappa shape index (κ1) is 16.2. The van der Waals surface area contributed by atoms with E-state index in [1.54, 1.807) is 13.0 Å². The van der Waals surface area contributed by atoms with Gasteiger partial charge in [-0.1, -0.05) is 0 Å². The van der Waals surface area contributed by atoms with E-state index in [2.05, 4.69) is 4.72 Å². The van der Waals surface area contributed by atoms with Crippen molar-refractivity contribution in [3.8, 4) is 0 Å². The van der Waals surface area contributed by atoms with E-state index in [0.717, 1.165) is 0 Å². The van der Waals surface area contributed by atoms with Crippen molar-refractivity contribution >= 4 is 44.3 Å². The van der Waals surface area contributed by atoms with Crippen LogP contribution in [-0.4, -0.2) is 38.5 Å². The highest BCUT2D eigenvalue weighted by Gasteiger charge is 2.13. The Labute approximate surface area is 125 Å². The lowest BCUT2D eigenvalue weighted by Gasteiger charge is -2.09. The zero-order valence-corrected chi connectivity index (χ0v) is 13.2. The molecule has 1 aromatic carbocycles. The number of carbonyl (C=O) groups is 1. The SMILES string of the molecule is CCOCCS(=O)(=O)Nc1cc(I)cc(C(=O)O)c1. The van der Waals surface area contributed by atoms with Crippen molar-refractivity contribution in [2.75, 3.05) is 23.7 Å². The summed E-state index contributed by atoms with van der Waals surface area (Å²) in [4.78, 5) is 10.9. The number of anilines is 1. The highest BCUT2D eigenvalue weighted by Crippen LogP contribution is 2.18. The van der Waals surface area contributed by atoms with Crippen LogP contribution in [0.1, 0.15) is 17.3 Å². The molecular weight excluding hydrogens is 385 g/mol. The zero-order chi connectivity index (χ0) is 14.5. The van der Waals surface area contributed by atoms with Crippen LogP contribution in [0.3, 0.4) is 0 Å². The van der Waals surface area contributed by atoms with E-state index in [9.17, 15) is 13.2 Å². The van der Waals surface area contributed by atoms with Gasteiger partial charge in [0.2, 0.25) is 10.0 Å². The normalized spacial score (nSPS) is 11.3. The molecular formula is C11H14INO5S. The number of carboxylic acids is 1. The van der Waals surface area contributed by atoms with Crippen molar-refractivity contribution in [2.24, 2.45) is 0 Å². The number of sulfonamides is 1. The van der Waals surface area contributed by atoms with E-state index < -0.39 is 16.0 Å². The van der Waals surface area contributed by atoms with Crippen molar-refractivity contribution in [3.63, 3.8) is 0 Å². The fourth-order valence-corrected chi connectivity index (χ4v) is 2.90. The Bertz CT molecular complexity index is 558. The number of benzene rings is 1. The van der Waals surface area contributed by atoms with Crippen LogP contribution < -0.4 is 4.72 Å². The fraction of sp³-hybridized carbons (Fsp3) is 0.364. The Morgan fingerprint density at radius 3 is 2.68 bits per heavy atom. The molecule has 0 amide bonds. The lowest BCUT2D eigenvalue weighted by Crippen LogP contribution is -2.20. The predicted octanol–water partition coefficient (Wildman–Crippen LogP) is 1.77. The van der Waals surface area contributed by atoms with Gasteiger partial charge in [-0.2, -0.15) is 0 Å². The molecule has 0 heterocycles. The van der Waals surface area contributed by atoms with E-state index in [4.69, 9.17) is 9.84 Å². The van der Waals surface area contributed by atoms with E-state index >= 15 is 0 Å². The minimum absolute atomic E-state index is 0.0365. The van der Waals surface area contributed by atoms with Crippen LogP contribution in [0.4, 0.5) is 5.69 Å². The van der Waals surface area contributed by atoms with Crippen LogP contribution in [0, 0.1) is 3.57 Å². The smallest absolute Gasteiger partial charge is 0.335 e. The van der Waals surface area contributed by atoms with Gasteiger partial charge < -0.3 is 9.84 Å². The summed E-state index contributed by atoms with van der Waals surface area (Å²) in [7, 11) is -3.54. The number of ether oxygens (including phenoxy) is 1. The van der Waals surface area contributed by atoms with Crippen molar-refractivity contribution < 1.29 is 23.1 Å². The second-order valence-electron chi connectivity index (χ2n) is 3.65. The topological polar surface area (TPSA) is 92.7 Å². The molecule has 2 N–H and O–H groups in total. The molecule has 8 heteroatoms. The van der Waals surface area contributed by atoms with Crippen LogP contribution in [0.5, 0.6) is 0 Å². The van der Waals surface area contributed by atoms with Crippen molar-refractivity contribution in [1.29, 1.82) is 0 Å². The average Bonchev–Trinajstić information content (AvgIpc) is 2.27. The van der Waals surface area contributed by atoms with Crippen LogP contribution in [0.2, 0.25) is 0 Å². The lowest BCUT2D eigenvalue weighted by atomic mass is 10.2. The summed E-state index contributed by atoms with van der Waals surface area (Å²) in [6.07, 6.45) is 0. The predicted molar refractivity (Wildman–Crippen MR) is 80.0 cm³/mol. The monoisotopic (exact) mass is 399 g/mol. The van der Waals surface area contributed by atoms with E-state index in [-0.39, 0.29) is 23.6 Å². The van der Waals surface area contributed by atoms with Gasteiger partial charge >= 0.3 is 5.97 Å². The lowest BCUT2D eigenvalue weighted by molar-refractivity contribution is 0.0697. The zero-order valence-electron chi connectivity index (χ0n) is 10.2. The molecule has 0 saturated carbocycles. The number of halogens is 1. The Kier molecular flexibility index (Phi) is 6.01. The Balaban J connectivity index is 2.84. The maximum absolute atomic E-state index is 11.7. The van der Waals surface area contributed by atoms with Crippen LogP contribution >= 0.6 is 22.6 Å². The Morgan fingerprint density at radius 1 is 1.42 bits per heavy atom. The molecule has 0 unspecified atom stereocenters. The average molecular weight is 399 g/mol. The molecule has 0 aliphatic carbocycles. The second-order valence-corrected chi connectivity index (χ2v) is 6.74. The summed E-state index contributed by atoms with van der Waals surface area (Å²) in [6.45, 7) is 2.32. The second kappa shape index (κ2) is 7.06. The van der Waals surface area contributed by atoms with Crippen LogP contribution in [0.25, 0.3) is 0 Å². The summed E-state index contributed by atoms with van der Waals surface area (Å²) in [5.74, 6) is -1.28.